The molecule has 0 saturated heterocycles. The van der Waals surface area contributed by atoms with Crippen LogP contribution >= 0.6 is 0 Å². The Balaban J connectivity index is 2.47. The van der Waals surface area contributed by atoms with Crippen LogP contribution in [0.2, 0.25) is 0 Å². The Morgan fingerprint density at radius 2 is 1.78 bits per heavy atom. The molecular formula is C15H26N2O. The van der Waals surface area contributed by atoms with Gasteiger partial charge in [-0.05, 0) is 51.1 Å². The number of nitrogens with zero attached hydrogens (tertiary/aromatic N) is 1. The standard InChI is InChI=1S/C15H26N2O/c1-12(2)18-15-7-5-14(6-8-15)11-17(4)10-13(3)9-16/h5-8,12-13H,9-11,16H2,1-4H3. The van der Waals surface area contributed by atoms with E-state index >= 15 is 0 Å². The van der Waals surface area contributed by atoms with Gasteiger partial charge in [-0.1, -0.05) is 19.1 Å². The van der Waals surface area contributed by atoms with E-state index in [-0.39, 0.29) is 6.10 Å². The Bertz CT molecular complexity index is 335. The number of rotatable bonds is 7. The van der Waals surface area contributed by atoms with Crippen molar-refractivity contribution in [3.8, 4) is 5.75 Å². The van der Waals surface area contributed by atoms with Crippen molar-refractivity contribution in [3.63, 3.8) is 0 Å². The highest BCUT2D eigenvalue weighted by molar-refractivity contribution is 5.27. The van der Waals surface area contributed by atoms with Crippen molar-refractivity contribution >= 4 is 0 Å². The average Bonchev–Trinajstić information content (AvgIpc) is 2.30. The van der Waals surface area contributed by atoms with Crippen LogP contribution < -0.4 is 10.5 Å². The number of benzene rings is 1. The molecule has 0 radical (unpaired) electrons. The van der Waals surface area contributed by atoms with Gasteiger partial charge >= 0.3 is 0 Å². The number of ether oxygens (including phenoxy) is 1. The summed E-state index contributed by atoms with van der Waals surface area (Å²) in [6.07, 6.45) is 0.226. The van der Waals surface area contributed by atoms with Gasteiger partial charge in [0.1, 0.15) is 5.75 Å². The lowest BCUT2D eigenvalue weighted by atomic mass is 10.1. The van der Waals surface area contributed by atoms with E-state index in [9.17, 15) is 0 Å². The summed E-state index contributed by atoms with van der Waals surface area (Å²) in [4.78, 5) is 2.30. The van der Waals surface area contributed by atoms with Gasteiger partial charge in [0, 0.05) is 13.1 Å². The molecule has 0 aliphatic heterocycles. The summed E-state index contributed by atoms with van der Waals surface area (Å²) >= 11 is 0. The first-order chi connectivity index (χ1) is 8.51. The fourth-order valence-corrected chi connectivity index (χ4v) is 1.93. The van der Waals surface area contributed by atoms with E-state index in [1.54, 1.807) is 0 Å². The summed E-state index contributed by atoms with van der Waals surface area (Å²) in [6, 6.07) is 8.33. The largest absolute Gasteiger partial charge is 0.491 e. The normalized spacial score (nSPS) is 13.1. The van der Waals surface area contributed by atoms with Crippen LogP contribution in [-0.2, 0) is 6.54 Å². The van der Waals surface area contributed by atoms with Gasteiger partial charge in [0.2, 0.25) is 0 Å². The van der Waals surface area contributed by atoms with Crippen molar-refractivity contribution in [2.75, 3.05) is 20.1 Å². The summed E-state index contributed by atoms with van der Waals surface area (Å²) in [5.41, 5.74) is 6.94. The summed E-state index contributed by atoms with van der Waals surface area (Å²) in [5.74, 6) is 1.48. The molecule has 102 valence electrons. The van der Waals surface area contributed by atoms with Gasteiger partial charge < -0.3 is 15.4 Å². The predicted octanol–water partition coefficient (Wildman–Crippen LogP) is 2.50. The first kappa shape index (κ1) is 15.0. The molecule has 1 aromatic carbocycles. The molecule has 3 nitrogen and oxygen atoms in total. The molecule has 1 unspecified atom stereocenters. The molecule has 2 N–H and O–H groups in total. The maximum Gasteiger partial charge on any atom is 0.119 e. The quantitative estimate of drug-likeness (QED) is 0.808. The maximum atomic E-state index is 5.64. The van der Waals surface area contributed by atoms with Crippen molar-refractivity contribution in [2.24, 2.45) is 11.7 Å². The lowest BCUT2D eigenvalue weighted by molar-refractivity contribution is 0.242. The number of nitrogens with two attached hydrogens (primary N) is 1. The minimum absolute atomic E-state index is 0.226. The van der Waals surface area contributed by atoms with Gasteiger partial charge in [0.25, 0.3) is 0 Å². The molecule has 0 aromatic heterocycles. The molecule has 1 atom stereocenters. The third-order valence-electron chi connectivity index (χ3n) is 2.77. The molecule has 0 saturated carbocycles. The van der Waals surface area contributed by atoms with Crippen LogP contribution in [-0.4, -0.2) is 31.1 Å². The molecular weight excluding hydrogens is 224 g/mol. The molecule has 1 rings (SSSR count). The van der Waals surface area contributed by atoms with E-state index in [4.69, 9.17) is 10.5 Å². The topological polar surface area (TPSA) is 38.5 Å². The minimum atomic E-state index is 0.226. The van der Waals surface area contributed by atoms with Crippen molar-refractivity contribution < 1.29 is 4.74 Å². The Kier molecular flexibility index (Phi) is 6.16. The van der Waals surface area contributed by atoms with Crippen LogP contribution in [0.1, 0.15) is 26.3 Å². The van der Waals surface area contributed by atoms with Crippen LogP contribution in [0.3, 0.4) is 0 Å². The molecule has 0 fully saturated rings. The van der Waals surface area contributed by atoms with Crippen LogP contribution in [0.4, 0.5) is 0 Å². The van der Waals surface area contributed by atoms with Gasteiger partial charge in [-0.3, -0.25) is 0 Å². The van der Waals surface area contributed by atoms with Crippen LogP contribution in [0.25, 0.3) is 0 Å². The van der Waals surface area contributed by atoms with Crippen molar-refractivity contribution in [2.45, 2.75) is 33.4 Å². The van der Waals surface area contributed by atoms with Crippen molar-refractivity contribution in [3.05, 3.63) is 29.8 Å². The first-order valence-corrected chi connectivity index (χ1v) is 6.65. The Morgan fingerprint density at radius 3 is 2.28 bits per heavy atom. The van der Waals surface area contributed by atoms with E-state index in [2.05, 4.69) is 31.0 Å². The second-order valence-electron chi connectivity index (χ2n) is 5.35. The maximum absolute atomic E-state index is 5.64. The zero-order valence-corrected chi connectivity index (χ0v) is 12.0. The molecule has 1 aromatic rings. The van der Waals surface area contributed by atoms with Crippen molar-refractivity contribution in [1.82, 2.24) is 4.90 Å². The molecule has 3 heteroatoms. The molecule has 0 amide bonds. The average molecular weight is 250 g/mol. The third-order valence-corrected chi connectivity index (χ3v) is 2.77. The minimum Gasteiger partial charge on any atom is -0.491 e. The van der Waals surface area contributed by atoms with Crippen LogP contribution in [0.15, 0.2) is 24.3 Å². The highest BCUT2D eigenvalue weighted by atomic mass is 16.5. The van der Waals surface area contributed by atoms with E-state index in [1.807, 2.05) is 26.0 Å². The second kappa shape index (κ2) is 7.39. The van der Waals surface area contributed by atoms with E-state index in [0.29, 0.717) is 5.92 Å². The van der Waals surface area contributed by atoms with Gasteiger partial charge in [0.15, 0.2) is 0 Å². The van der Waals surface area contributed by atoms with Gasteiger partial charge in [0.05, 0.1) is 6.10 Å². The predicted molar refractivity (Wildman–Crippen MR) is 76.8 cm³/mol. The lowest BCUT2D eigenvalue weighted by Gasteiger charge is -2.20. The number of hydrogen-bond acceptors (Lipinski definition) is 3. The molecule has 0 aliphatic carbocycles. The fourth-order valence-electron chi connectivity index (χ4n) is 1.93. The monoisotopic (exact) mass is 250 g/mol. The Labute approximate surface area is 111 Å². The van der Waals surface area contributed by atoms with Crippen LogP contribution in [0, 0.1) is 5.92 Å². The smallest absolute Gasteiger partial charge is 0.119 e. The molecule has 18 heavy (non-hydrogen) atoms. The molecule has 0 bridgehead atoms. The summed E-state index contributed by atoms with van der Waals surface area (Å²) in [5, 5.41) is 0. The first-order valence-electron chi connectivity index (χ1n) is 6.65. The summed E-state index contributed by atoms with van der Waals surface area (Å²) in [7, 11) is 2.13. The SMILES string of the molecule is CC(CN)CN(C)Cc1ccc(OC(C)C)cc1. The molecule has 0 spiro atoms. The van der Waals surface area contributed by atoms with Gasteiger partial charge in [-0.15, -0.1) is 0 Å². The fraction of sp³-hybridized carbons (Fsp3) is 0.600. The zero-order chi connectivity index (χ0) is 13.5. The van der Waals surface area contributed by atoms with E-state index in [1.165, 1.54) is 5.56 Å². The second-order valence-corrected chi connectivity index (χ2v) is 5.35. The Hall–Kier alpha value is -1.06. The highest BCUT2D eigenvalue weighted by Crippen LogP contribution is 2.15. The molecule has 0 heterocycles. The number of hydrogen-bond donors (Lipinski definition) is 1. The van der Waals surface area contributed by atoms with E-state index < -0.39 is 0 Å². The van der Waals surface area contributed by atoms with Crippen molar-refractivity contribution in [1.29, 1.82) is 0 Å². The highest BCUT2D eigenvalue weighted by Gasteiger charge is 2.05. The van der Waals surface area contributed by atoms with Gasteiger partial charge in [-0.25, -0.2) is 0 Å². The lowest BCUT2D eigenvalue weighted by Crippen LogP contribution is -2.28. The van der Waals surface area contributed by atoms with Crippen LogP contribution in [0.5, 0.6) is 5.75 Å². The van der Waals surface area contributed by atoms with E-state index in [0.717, 1.165) is 25.4 Å². The third kappa shape index (κ3) is 5.52. The summed E-state index contributed by atoms with van der Waals surface area (Å²) in [6.45, 7) is 8.97. The zero-order valence-electron chi connectivity index (χ0n) is 12.0. The Morgan fingerprint density at radius 1 is 1.17 bits per heavy atom. The summed E-state index contributed by atoms with van der Waals surface area (Å²) < 4.78 is 5.63. The van der Waals surface area contributed by atoms with Gasteiger partial charge in [-0.2, -0.15) is 0 Å². The molecule has 0 aliphatic rings.